The summed E-state index contributed by atoms with van der Waals surface area (Å²) in [6.07, 6.45) is 2.26. The molecular formula is C62H49BN4O. The van der Waals surface area contributed by atoms with Gasteiger partial charge in [-0.3, -0.25) is 0 Å². The minimum absolute atomic E-state index is 0.00620. The molecule has 0 bridgehead atoms. The van der Waals surface area contributed by atoms with Crippen molar-refractivity contribution < 1.29 is 4.42 Å². The molecule has 5 nitrogen and oxygen atoms in total. The van der Waals surface area contributed by atoms with E-state index in [2.05, 4.69) is 201 Å². The van der Waals surface area contributed by atoms with Gasteiger partial charge in [-0.15, -0.1) is 0 Å². The van der Waals surface area contributed by atoms with Crippen LogP contribution < -0.4 is 16.2 Å². The van der Waals surface area contributed by atoms with Gasteiger partial charge in [0, 0.05) is 49.7 Å². The van der Waals surface area contributed by atoms with Crippen LogP contribution in [0, 0.1) is 6.92 Å². The fourth-order valence-corrected chi connectivity index (χ4v) is 12.0. The topological polar surface area (TPSA) is 47.9 Å². The number of rotatable bonds is 5. The molecule has 0 spiro atoms. The van der Waals surface area contributed by atoms with E-state index in [0.29, 0.717) is 5.89 Å². The van der Waals surface area contributed by atoms with Gasteiger partial charge in [0.2, 0.25) is 5.89 Å². The molecule has 0 amide bonds. The third-order valence-electron chi connectivity index (χ3n) is 15.7. The summed E-state index contributed by atoms with van der Waals surface area (Å²) in [7, 11) is 0.718. The Morgan fingerprint density at radius 2 is 1.24 bits per heavy atom. The molecule has 0 saturated heterocycles. The summed E-state index contributed by atoms with van der Waals surface area (Å²) in [6, 6.07) is 62.7. The number of oxazole rings is 1. The first-order valence-electron chi connectivity index (χ1n) is 24.1. The van der Waals surface area contributed by atoms with Crippen LogP contribution in [0.25, 0.3) is 99.4 Å². The summed E-state index contributed by atoms with van der Waals surface area (Å²) >= 11 is 0. The van der Waals surface area contributed by atoms with Crippen molar-refractivity contribution in [2.45, 2.75) is 58.3 Å². The summed E-state index contributed by atoms with van der Waals surface area (Å²) in [5, 5.41) is 11.5. The zero-order chi connectivity index (χ0) is 45.6. The third-order valence-corrected chi connectivity index (χ3v) is 15.7. The number of para-hydroxylation sites is 2. The van der Waals surface area contributed by atoms with Crippen molar-refractivity contribution >= 4 is 95.1 Å². The second-order valence-electron chi connectivity index (χ2n) is 20.7. The highest BCUT2D eigenvalue weighted by molar-refractivity contribution is 6.74. The molecule has 0 atom stereocenters. The van der Waals surface area contributed by atoms with E-state index < -0.39 is 0 Å². The van der Waals surface area contributed by atoms with E-state index in [-0.39, 0.29) is 10.8 Å². The predicted octanol–water partition coefficient (Wildman–Crippen LogP) is 14.6. The lowest BCUT2D eigenvalue weighted by atomic mass is 9.58. The average molecular weight is 877 g/mol. The molecule has 1 aliphatic heterocycles. The molecule has 4 heterocycles. The monoisotopic (exact) mass is 876 g/mol. The highest BCUT2D eigenvalue weighted by Crippen LogP contribution is 2.51. The second kappa shape index (κ2) is 14.1. The Balaban J connectivity index is 1.17. The van der Waals surface area contributed by atoms with Crippen molar-refractivity contribution in [1.82, 2.24) is 14.1 Å². The smallest absolute Gasteiger partial charge is 0.227 e. The first-order valence-corrected chi connectivity index (χ1v) is 24.1. The predicted molar refractivity (Wildman–Crippen MR) is 287 cm³/mol. The van der Waals surface area contributed by atoms with E-state index in [9.17, 15) is 0 Å². The number of nitrogens with zero attached hydrogens (tertiary/aromatic N) is 3. The lowest BCUT2D eigenvalue weighted by molar-refractivity contribution is 0.332. The second-order valence-corrected chi connectivity index (χ2v) is 20.7. The molecule has 6 heteroatoms. The van der Waals surface area contributed by atoms with E-state index in [4.69, 9.17) is 9.40 Å². The van der Waals surface area contributed by atoms with Crippen LogP contribution in [-0.2, 0) is 10.8 Å². The third kappa shape index (κ3) is 5.67. The largest absolute Gasteiger partial charge is 0.436 e. The van der Waals surface area contributed by atoms with Crippen molar-refractivity contribution in [3.05, 3.63) is 187 Å². The quantitative estimate of drug-likeness (QED) is 0.175. The fraction of sp³-hybridized carbons (Fsp3) is 0.145. The van der Waals surface area contributed by atoms with Crippen molar-refractivity contribution in [2.24, 2.45) is 0 Å². The van der Waals surface area contributed by atoms with Crippen molar-refractivity contribution in [1.29, 1.82) is 0 Å². The van der Waals surface area contributed by atoms with E-state index in [0.717, 1.165) is 53.8 Å². The highest BCUT2D eigenvalue weighted by atomic mass is 16.3. The number of nitrogens with one attached hydrogen (secondary N) is 1. The van der Waals surface area contributed by atoms with Crippen LogP contribution in [0.3, 0.4) is 0 Å². The maximum absolute atomic E-state index is 6.64. The van der Waals surface area contributed by atoms with Gasteiger partial charge in [-0.1, -0.05) is 136 Å². The summed E-state index contributed by atoms with van der Waals surface area (Å²) < 4.78 is 11.8. The lowest BCUT2D eigenvalue weighted by Gasteiger charge is -2.42. The SMILES string of the molecule is Cc1ccc(Nc2cc3c(cc2-c2cc(-n4c5ccccc5c5ccccc54)c4c5c6ccccc6ccc5n5c4c2Bc2cc4oc(-c6ccccc6)nc4cc2-5)C(C)(C)CCC3(C)C)cc1. The fourth-order valence-electron chi connectivity index (χ4n) is 12.0. The van der Waals surface area contributed by atoms with Gasteiger partial charge in [0.05, 0.1) is 27.8 Å². The zero-order valence-electron chi connectivity index (χ0n) is 39.0. The summed E-state index contributed by atoms with van der Waals surface area (Å²) in [4.78, 5) is 5.15. The molecule has 12 aromatic rings. The van der Waals surface area contributed by atoms with Crippen LogP contribution >= 0.6 is 0 Å². The zero-order valence-corrected chi connectivity index (χ0v) is 39.0. The van der Waals surface area contributed by atoms with Crippen LogP contribution in [-0.4, -0.2) is 21.4 Å². The van der Waals surface area contributed by atoms with Gasteiger partial charge in [-0.05, 0) is 136 Å². The number of hydrogen-bond donors (Lipinski definition) is 1. The summed E-state index contributed by atoms with van der Waals surface area (Å²) in [5.74, 6) is 0.634. The Bertz CT molecular complexity index is 4040. The average Bonchev–Trinajstić information content (AvgIpc) is 4.05. The van der Waals surface area contributed by atoms with Gasteiger partial charge >= 0.3 is 0 Å². The van der Waals surface area contributed by atoms with Gasteiger partial charge in [0.15, 0.2) is 12.9 Å². The molecule has 326 valence electrons. The number of hydrogen-bond acceptors (Lipinski definition) is 3. The molecule has 0 fully saturated rings. The first kappa shape index (κ1) is 39.4. The normalized spacial score (nSPS) is 14.8. The highest BCUT2D eigenvalue weighted by Gasteiger charge is 2.39. The number of aromatic nitrogens is 3. The molecule has 0 radical (unpaired) electrons. The number of aryl methyl sites for hydroxylation is 1. The molecular weight excluding hydrogens is 828 g/mol. The van der Waals surface area contributed by atoms with Crippen molar-refractivity contribution in [3.8, 4) is 34.0 Å². The Morgan fingerprint density at radius 3 is 1.97 bits per heavy atom. The van der Waals surface area contributed by atoms with E-state index in [1.807, 2.05) is 18.2 Å². The lowest BCUT2D eigenvalue weighted by Crippen LogP contribution is -2.38. The Morgan fingerprint density at radius 1 is 0.574 bits per heavy atom. The molecule has 68 heavy (non-hydrogen) atoms. The minimum Gasteiger partial charge on any atom is -0.436 e. The van der Waals surface area contributed by atoms with Gasteiger partial charge in [0.1, 0.15) is 5.52 Å². The van der Waals surface area contributed by atoms with Gasteiger partial charge in [-0.25, -0.2) is 4.98 Å². The van der Waals surface area contributed by atoms with Crippen molar-refractivity contribution in [2.75, 3.05) is 5.32 Å². The number of benzene rings is 9. The maximum atomic E-state index is 6.64. The molecule has 1 aliphatic carbocycles. The van der Waals surface area contributed by atoms with Gasteiger partial charge in [-0.2, -0.15) is 0 Å². The number of fused-ring (bicyclic) bond motifs is 12. The molecule has 1 N–H and O–H groups in total. The van der Waals surface area contributed by atoms with Crippen LogP contribution in [0.5, 0.6) is 0 Å². The molecule has 0 unspecified atom stereocenters. The van der Waals surface area contributed by atoms with Crippen LogP contribution in [0.15, 0.2) is 174 Å². The molecule has 0 saturated carbocycles. The van der Waals surface area contributed by atoms with Crippen molar-refractivity contribution in [3.63, 3.8) is 0 Å². The molecule has 14 rings (SSSR count). The van der Waals surface area contributed by atoms with E-state index >= 15 is 0 Å². The molecule has 3 aromatic heterocycles. The Hall–Kier alpha value is -7.83. The standard InChI is InChI=1S/C62H49BN4O/c1-36-23-26-39(27-24-36)64-48-33-46-45(61(2,3)29-30-62(46,4)5)31-43(48)44-32-54(66-50-21-13-11-19-41(50)42-20-12-14-22-51(42)66)57-56-40-18-10-9-15-37(40)25-28-52(56)67-53-35-49-55(34-47(53)63-58(44)59(57)67)68-60(65-49)38-16-7-6-8-17-38/h6-28,31-35,63-64H,29-30H2,1-5H3. The van der Waals surface area contributed by atoms with Gasteiger partial charge in [0.25, 0.3) is 0 Å². The van der Waals surface area contributed by atoms with Crippen LogP contribution in [0.4, 0.5) is 11.4 Å². The Kier molecular flexibility index (Phi) is 8.16. The summed E-state index contributed by atoms with van der Waals surface area (Å²) in [5.41, 5.74) is 21.0. The van der Waals surface area contributed by atoms with Gasteiger partial charge < -0.3 is 18.9 Å². The minimum atomic E-state index is -0.00620. The van der Waals surface area contributed by atoms with E-state index in [1.54, 1.807) is 0 Å². The first-order chi connectivity index (χ1) is 33.1. The van der Waals surface area contributed by atoms with Crippen LogP contribution in [0.2, 0.25) is 0 Å². The van der Waals surface area contributed by atoms with Crippen LogP contribution in [0.1, 0.15) is 57.2 Å². The Labute approximate surface area is 395 Å². The maximum Gasteiger partial charge on any atom is 0.227 e. The molecule has 2 aliphatic rings. The summed E-state index contributed by atoms with van der Waals surface area (Å²) in [6.45, 7) is 11.9. The van der Waals surface area contributed by atoms with E-state index in [1.165, 1.54) is 98.8 Å². The molecule has 9 aromatic carbocycles. The number of anilines is 2.